The van der Waals surface area contributed by atoms with Crippen LogP contribution in [-0.4, -0.2) is 6.10 Å². The van der Waals surface area contributed by atoms with Gasteiger partial charge in [0.1, 0.15) is 5.82 Å². The van der Waals surface area contributed by atoms with Crippen LogP contribution in [0.2, 0.25) is 0 Å². The van der Waals surface area contributed by atoms with Crippen LogP contribution in [0.15, 0.2) is 30.3 Å². The molecule has 1 saturated carbocycles. The molecule has 4 heteroatoms. The first-order chi connectivity index (χ1) is 14.0. The smallest absolute Gasteiger partial charge is 0.164 e. The van der Waals surface area contributed by atoms with Gasteiger partial charge in [0, 0.05) is 5.56 Å². The van der Waals surface area contributed by atoms with E-state index in [1.54, 1.807) is 25.1 Å². The van der Waals surface area contributed by atoms with Gasteiger partial charge in [-0.2, -0.15) is 0 Å². The van der Waals surface area contributed by atoms with Crippen LogP contribution in [0.1, 0.15) is 80.5 Å². The molecule has 0 saturated heterocycles. The van der Waals surface area contributed by atoms with Gasteiger partial charge in [0.15, 0.2) is 11.6 Å². The van der Waals surface area contributed by atoms with Crippen LogP contribution in [0.3, 0.4) is 0 Å². The first kappa shape index (κ1) is 21.9. The second kappa shape index (κ2) is 10.3. The van der Waals surface area contributed by atoms with E-state index in [2.05, 4.69) is 13.0 Å². The van der Waals surface area contributed by atoms with Gasteiger partial charge in [-0.05, 0) is 73.6 Å². The minimum atomic E-state index is -0.795. The zero-order valence-electron chi connectivity index (χ0n) is 17.4. The molecule has 0 unspecified atom stereocenters. The summed E-state index contributed by atoms with van der Waals surface area (Å²) in [4.78, 5) is 0. The van der Waals surface area contributed by atoms with E-state index in [1.165, 1.54) is 0 Å². The van der Waals surface area contributed by atoms with E-state index in [9.17, 15) is 13.2 Å². The van der Waals surface area contributed by atoms with Gasteiger partial charge in [0.25, 0.3) is 0 Å². The normalized spacial score (nSPS) is 19.5. The highest BCUT2D eigenvalue weighted by Crippen LogP contribution is 2.35. The number of unbranched alkanes of at least 4 members (excludes halogenated alkanes) is 1. The minimum Gasteiger partial charge on any atom is -0.373 e. The van der Waals surface area contributed by atoms with Crippen molar-refractivity contribution in [3.05, 3.63) is 70.0 Å². The van der Waals surface area contributed by atoms with Crippen LogP contribution in [0.4, 0.5) is 13.2 Å². The summed E-state index contributed by atoms with van der Waals surface area (Å²) in [5, 5.41) is 0. The number of ether oxygens (including phenoxy) is 1. The Labute approximate surface area is 172 Å². The fourth-order valence-electron chi connectivity index (χ4n) is 4.17. The maximum Gasteiger partial charge on any atom is 0.164 e. The number of halogens is 3. The molecular weight excluding hydrogens is 373 g/mol. The summed E-state index contributed by atoms with van der Waals surface area (Å²) in [5.74, 6) is -1.32. The minimum absolute atomic E-state index is 0.0354. The molecule has 1 aliphatic carbocycles. The molecule has 0 aromatic heterocycles. The molecule has 0 aliphatic heterocycles. The average Bonchev–Trinajstić information content (AvgIpc) is 2.74. The van der Waals surface area contributed by atoms with E-state index in [4.69, 9.17) is 4.74 Å². The van der Waals surface area contributed by atoms with Gasteiger partial charge in [0.05, 0.1) is 12.7 Å². The van der Waals surface area contributed by atoms with Crippen LogP contribution in [0.5, 0.6) is 0 Å². The van der Waals surface area contributed by atoms with Crippen LogP contribution in [0, 0.1) is 17.5 Å². The molecule has 0 radical (unpaired) electrons. The highest BCUT2D eigenvalue weighted by atomic mass is 19.2. The first-order valence-electron chi connectivity index (χ1n) is 10.9. The van der Waals surface area contributed by atoms with Gasteiger partial charge in [-0.25, -0.2) is 13.2 Å². The van der Waals surface area contributed by atoms with Gasteiger partial charge in [-0.3, -0.25) is 0 Å². The summed E-state index contributed by atoms with van der Waals surface area (Å²) < 4.78 is 48.3. The number of benzene rings is 2. The second-order valence-electron chi connectivity index (χ2n) is 8.10. The second-order valence-corrected chi connectivity index (χ2v) is 8.10. The molecule has 1 aliphatic rings. The molecular formula is C25H31F3O. The Hall–Kier alpha value is -1.81. The molecule has 158 valence electrons. The Morgan fingerprint density at radius 1 is 0.862 bits per heavy atom. The highest BCUT2D eigenvalue weighted by Gasteiger charge is 2.24. The predicted molar refractivity (Wildman–Crippen MR) is 111 cm³/mol. The largest absolute Gasteiger partial charge is 0.373 e. The first-order valence-corrected chi connectivity index (χ1v) is 10.9. The Bertz CT molecular complexity index is 810. The third-order valence-electron chi connectivity index (χ3n) is 6.12. The lowest BCUT2D eigenvalue weighted by atomic mass is 9.82. The van der Waals surface area contributed by atoms with Crippen molar-refractivity contribution in [2.75, 3.05) is 0 Å². The average molecular weight is 405 g/mol. The van der Waals surface area contributed by atoms with E-state index < -0.39 is 11.6 Å². The number of rotatable bonds is 8. The van der Waals surface area contributed by atoms with Crippen LogP contribution < -0.4 is 0 Å². The topological polar surface area (TPSA) is 9.23 Å². The zero-order valence-corrected chi connectivity index (χ0v) is 17.4. The molecule has 3 rings (SSSR count). The van der Waals surface area contributed by atoms with Gasteiger partial charge < -0.3 is 4.74 Å². The Kier molecular flexibility index (Phi) is 7.77. The van der Waals surface area contributed by atoms with Crippen molar-refractivity contribution >= 4 is 0 Å². The van der Waals surface area contributed by atoms with Crippen LogP contribution in [0.25, 0.3) is 0 Å². The van der Waals surface area contributed by atoms with Crippen molar-refractivity contribution in [1.82, 2.24) is 0 Å². The molecule has 0 heterocycles. The maximum atomic E-state index is 14.3. The fourth-order valence-corrected chi connectivity index (χ4v) is 4.17. The van der Waals surface area contributed by atoms with Gasteiger partial charge in [0.2, 0.25) is 0 Å². The summed E-state index contributed by atoms with van der Waals surface area (Å²) in [6, 6.07) is 8.94. The molecule has 2 aromatic rings. The van der Waals surface area contributed by atoms with Crippen LogP contribution in [-0.2, 0) is 24.2 Å². The molecule has 2 aromatic carbocycles. The standard InChI is InChI=1S/C25H31F3O/c1-3-5-6-19-8-9-20(15-23(19)26)18-11-13-22(14-12-18)29-16-21-10-7-17(4-2)24(27)25(21)28/h7-10,15,18,22H,3-6,11-14,16H2,1-2H3. The van der Waals surface area contributed by atoms with E-state index in [-0.39, 0.29) is 24.1 Å². The van der Waals surface area contributed by atoms with Crippen LogP contribution >= 0.6 is 0 Å². The lowest BCUT2D eigenvalue weighted by Gasteiger charge is -2.29. The quantitative estimate of drug-likeness (QED) is 0.450. The molecule has 29 heavy (non-hydrogen) atoms. The van der Waals surface area contributed by atoms with Crippen molar-refractivity contribution in [3.8, 4) is 0 Å². The molecule has 0 atom stereocenters. The van der Waals surface area contributed by atoms with Crippen molar-refractivity contribution in [2.24, 2.45) is 0 Å². The Morgan fingerprint density at radius 3 is 2.17 bits per heavy atom. The van der Waals surface area contributed by atoms with Crippen molar-refractivity contribution in [3.63, 3.8) is 0 Å². The van der Waals surface area contributed by atoms with Crippen molar-refractivity contribution in [1.29, 1.82) is 0 Å². The summed E-state index contributed by atoms with van der Waals surface area (Å²) >= 11 is 0. The number of hydrogen-bond donors (Lipinski definition) is 0. The van der Waals surface area contributed by atoms with Gasteiger partial charge in [-0.1, -0.05) is 44.5 Å². The van der Waals surface area contributed by atoms with Gasteiger partial charge >= 0.3 is 0 Å². The SMILES string of the molecule is CCCCc1ccc(C2CCC(OCc3ccc(CC)c(F)c3F)CC2)cc1F. The molecule has 1 nitrogen and oxygen atoms in total. The molecule has 1 fully saturated rings. The summed E-state index contributed by atoms with van der Waals surface area (Å²) in [5.41, 5.74) is 2.52. The monoisotopic (exact) mass is 404 g/mol. The van der Waals surface area contributed by atoms with Crippen molar-refractivity contribution in [2.45, 2.75) is 83.8 Å². The number of hydrogen-bond acceptors (Lipinski definition) is 1. The molecule has 0 spiro atoms. The summed E-state index contributed by atoms with van der Waals surface area (Å²) in [6.07, 6.45) is 6.90. The van der Waals surface area contributed by atoms with E-state index in [1.807, 2.05) is 6.07 Å². The molecule has 0 bridgehead atoms. The zero-order chi connectivity index (χ0) is 20.8. The maximum absolute atomic E-state index is 14.3. The van der Waals surface area contributed by atoms with Gasteiger partial charge in [-0.15, -0.1) is 0 Å². The number of aryl methyl sites for hydroxylation is 2. The summed E-state index contributed by atoms with van der Waals surface area (Å²) in [6.45, 7) is 4.00. The Balaban J connectivity index is 1.52. The molecule has 0 N–H and O–H groups in total. The lowest BCUT2D eigenvalue weighted by Crippen LogP contribution is -2.21. The highest BCUT2D eigenvalue weighted by molar-refractivity contribution is 5.28. The van der Waals surface area contributed by atoms with E-state index >= 15 is 0 Å². The van der Waals surface area contributed by atoms with E-state index in [0.717, 1.165) is 56.1 Å². The fraction of sp³-hybridized carbons (Fsp3) is 0.520. The third kappa shape index (κ3) is 5.42. The molecule has 0 amide bonds. The van der Waals surface area contributed by atoms with Crippen molar-refractivity contribution < 1.29 is 17.9 Å². The Morgan fingerprint density at radius 2 is 1.52 bits per heavy atom. The van der Waals surface area contributed by atoms with E-state index in [0.29, 0.717) is 17.9 Å². The summed E-state index contributed by atoms with van der Waals surface area (Å²) in [7, 11) is 0. The predicted octanol–water partition coefficient (Wildman–Crippen LogP) is 7.25. The third-order valence-corrected chi connectivity index (χ3v) is 6.12. The lowest BCUT2D eigenvalue weighted by molar-refractivity contribution is 0.0118.